The van der Waals surface area contributed by atoms with Crippen molar-refractivity contribution in [1.29, 1.82) is 0 Å². The number of ketones is 1. The van der Waals surface area contributed by atoms with Crippen LogP contribution in [0.2, 0.25) is 0 Å². The number of pyridine rings is 1. The molecular formula is C48H82N6O14. The maximum absolute atomic E-state index is 13.2. The van der Waals surface area contributed by atoms with Gasteiger partial charge in [0.1, 0.15) is 35.2 Å². The van der Waals surface area contributed by atoms with Crippen LogP contribution >= 0.6 is 0 Å². The molecule has 0 unspecified atom stereocenters. The standard InChI is InChI=1S/C48H82N6O14/c1-45(2,3)31-37(55)35(17-19-40(57)66-46(4,5)6)53-44(61)54-36(43(60)68-48(10,11)12)15-13-14-21-49-39(56)20-23-62-25-27-64-29-30-65-28-26-63-24-22-50-42(59)34-16-18-38(51-32-34)52-33-41(58)67-47(7,8)9/h16,18,32,35-36H,13-15,17,19-31,33H2,1-12H3,(H,49,56)(H,50,59)(H,51,52)(H2,53,54,61)/t35-,36-/m0/s1. The third kappa shape index (κ3) is 33.5. The first-order valence-electron chi connectivity index (χ1n) is 23.4. The number of anilines is 1. The quantitative estimate of drug-likeness (QED) is 0.0369. The third-order valence-electron chi connectivity index (χ3n) is 8.68. The predicted octanol–water partition coefficient (Wildman–Crippen LogP) is 4.81. The minimum absolute atomic E-state index is 0.0350. The minimum Gasteiger partial charge on any atom is -0.460 e. The van der Waals surface area contributed by atoms with E-state index in [1.165, 1.54) is 6.20 Å². The van der Waals surface area contributed by atoms with Crippen molar-refractivity contribution in [2.75, 3.05) is 77.8 Å². The number of Topliss-reactive ketones (excluding diaryl/α,β-unsaturated/α-hetero) is 1. The molecule has 2 atom stereocenters. The van der Waals surface area contributed by atoms with Crippen molar-refractivity contribution in [3.63, 3.8) is 0 Å². The number of carbonyl (C=O) groups is 7. The molecule has 0 fully saturated rings. The molecule has 0 aromatic carbocycles. The number of nitrogens with one attached hydrogen (secondary N) is 5. The van der Waals surface area contributed by atoms with Gasteiger partial charge in [0.25, 0.3) is 5.91 Å². The van der Waals surface area contributed by atoms with Gasteiger partial charge in [0.05, 0.1) is 64.5 Å². The smallest absolute Gasteiger partial charge is 0.329 e. The number of hydrogen-bond donors (Lipinski definition) is 5. The lowest BCUT2D eigenvalue weighted by molar-refractivity contribution is -0.157. The van der Waals surface area contributed by atoms with Crippen molar-refractivity contribution in [3.05, 3.63) is 23.9 Å². The second kappa shape index (κ2) is 31.3. The van der Waals surface area contributed by atoms with Crippen molar-refractivity contribution in [2.24, 2.45) is 5.41 Å². The summed E-state index contributed by atoms with van der Waals surface area (Å²) in [7, 11) is 0. The number of aromatic nitrogens is 1. The van der Waals surface area contributed by atoms with E-state index in [-0.39, 0.29) is 68.3 Å². The molecule has 0 bridgehead atoms. The van der Waals surface area contributed by atoms with Gasteiger partial charge in [-0.3, -0.25) is 24.0 Å². The molecular weight excluding hydrogens is 885 g/mol. The lowest BCUT2D eigenvalue weighted by atomic mass is 9.87. The monoisotopic (exact) mass is 967 g/mol. The largest absolute Gasteiger partial charge is 0.460 e. The highest BCUT2D eigenvalue weighted by Gasteiger charge is 2.30. The topological polar surface area (TPSA) is 257 Å². The summed E-state index contributed by atoms with van der Waals surface area (Å²) in [6, 6.07) is 0.467. The predicted molar refractivity (Wildman–Crippen MR) is 255 cm³/mol. The van der Waals surface area contributed by atoms with E-state index >= 15 is 0 Å². The van der Waals surface area contributed by atoms with Crippen LogP contribution in [0.3, 0.4) is 0 Å². The fourth-order valence-electron chi connectivity index (χ4n) is 5.82. The minimum atomic E-state index is -1.02. The van der Waals surface area contributed by atoms with E-state index in [1.54, 1.807) is 74.4 Å². The van der Waals surface area contributed by atoms with E-state index in [2.05, 4.69) is 31.6 Å². The van der Waals surface area contributed by atoms with Crippen LogP contribution in [0.15, 0.2) is 18.3 Å². The Hall–Kier alpha value is -4.92. The van der Waals surface area contributed by atoms with Crippen LogP contribution in [0.4, 0.5) is 10.6 Å². The number of urea groups is 1. The summed E-state index contributed by atoms with van der Waals surface area (Å²) in [4.78, 5) is 92.7. The molecule has 1 heterocycles. The van der Waals surface area contributed by atoms with Crippen LogP contribution in [0.1, 0.15) is 138 Å². The molecule has 1 aromatic rings. The zero-order valence-electron chi connectivity index (χ0n) is 42.8. The lowest BCUT2D eigenvalue weighted by Crippen LogP contribution is -2.52. The van der Waals surface area contributed by atoms with Crippen LogP contribution < -0.4 is 26.6 Å². The maximum atomic E-state index is 13.2. The molecule has 0 spiro atoms. The Labute approximate surface area is 403 Å². The number of esters is 3. The Morgan fingerprint density at radius 3 is 1.66 bits per heavy atom. The first-order valence-corrected chi connectivity index (χ1v) is 23.4. The number of nitrogens with zero attached hydrogens (tertiary/aromatic N) is 1. The summed E-state index contributed by atoms with van der Waals surface area (Å²) in [5, 5.41) is 13.8. The highest BCUT2D eigenvalue weighted by Crippen LogP contribution is 2.21. The number of ether oxygens (including phenoxy) is 7. The van der Waals surface area contributed by atoms with E-state index in [1.807, 2.05) is 20.8 Å². The van der Waals surface area contributed by atoms with Gasteiger partial charge in [-0.1, -0.05) is 20.8 Å². The van der Waals surface area contributed by atoms with Crippen molar-refractivity contribution in [1.82, 2.24) is 26.3 Å². The maximum Gasteiger partial charge on any atom is 0.329 e. The molecule has 0 saturated carbocycles. The van der Waals surface area contributed by atoms with Gasteiger partial charge in [0.15, 0.2) is 5.78 Å². The van der Waals surface area contributed by atoms with E-state index < -0.39 is 52.8 Å². The second-order valence-corrected chi connectivity index (χ2v) is 20.3. The average molecular weight is 967 g/mol. The fraction of sp³-hybridized carbons (Fsp3) is 0.750. The lowest BCUT2D eigenvalue weighted by Gasteiger charge is -2.27. The average Bonchev–Trinajstić information content (AvgIpc) is 3.19. The van der Waals surface area contributed by atoms with Crippen LogP contribution in [0.5, 0.6) is 0 Å². The summed E-state index contributed by atoms with van der Waals surface area (Å²) in [5.41, 5.74) is -2.08. The molecule has 0 radical (unpaired) electrons. The van der Waals surface area contributed by atoms with E-state index in [4.69, 9.17) is 33.2 Å². The molecule has 20 heteroatoms. The van der Waals surface area contributed by atoms with Gasteiger partial charge in [-0.2, -0.15) is 0 Å². The molecule has 68 heavy (non-hydrogen) atoms. The van der Waals surface area contributed by atoms with Gasteiger partial charge >= 0.3 is 23.9 Å². The van der Waals surface area contributed by atoms with Gasteiger partial charge in [0.2, 0.25) is 5.91 Å². The van der Waals surface area contributed by atoms with E-state index in [9.17, 15) is 33.6 Å². The highest BCUT2D eigenvalue weighted by atomic mass is 16.6. The van der Waals surface area contributed by atoms with Gasteiger partial charge in [0, 0.05) is 38.5 Å². The Morgan fingerprint density at radius 2 is 1.12 bits per heavy atom. The Bertz CT molecular complexity index is 1700. The first-order chi connectivity index (χ1) is 31.6. The molecule has 5 N–H and O–H groups in total. The number of carbonyl (C=O) groups excluding carboxylic acids is 7. The molecule has 0 aliphatic rings. The summed E-state index contributed by atoms with van der Waals surface area (Å²) >= 11 is 0. The van der Waals surface area contributed by atoms with Crippen LogP contribution in [-0.2, 0) is 57.1 Å². The Morgan fingerprint density at radius 1 is 0.574 bits per heavy atom. The van der Waals surface area contributed by atoms with Gasteiger partial charge in [-0.25, -0.2) is 14.6 Å². The number of rotatable bonds is 32. The second-order valence-electron chi connectivity index (χ2n) is 20.3. The van der Waals surface area contributed by atoms with Gasteiger partial charge in [-0.05, 0) is 106 Å². The molecule has 0 aliphatic carbocycles. The van der Waals surface area contributed by atoms with Crippen LogP contribution in [0, 0.1) is 5.41 Å². The van der Waals surface area contributed by atoms with E-state index in [0.29, 0.717) is 83.6 Å². The normalized spacial score (nSPS) is 12.8. The molecule has 1 rings (SSSR count). The van der Waals surface area contributed by atoms with E-state index in [0.717, 1.165) is 0 Å². The highest BCUT2D eigenvalue weighted by molar-refractivity contribution is 5.94. The summed E-state index contributed by atoms with van der Waals surface area (Å²) in [6.45, 7) is 24.6. The SMILES string of the molecule is CC(C)(C)CC(=O)[C@H](CCC(=O)OC(C)(C)C)NC(=O)N[C@@H](CCCCNC(=O)CCOCCOCCOCCOCCNC(=O)c1ccc(NCC(=O)OC(C)(C)C)nc1)C(=O)OC(C)(C)C. The third-order valence-corrected chi connectivity index (χ3v) is 8.68. The molecule has 4 amide bonds. The number of amides is 4. The Balaban J connectivity index is 2.25. The molecule has 20 nitrogen and oxygen atoms in total. The summed E-state index contributed by atoms with van der Waals surface area (Å²) in [5.74, 6) is -1.83. The van der Waals surface area contributed by atoms with Gasteiger partial charge < -0.3 is 59.7 Å². The van der Waals surface area contributed by atoms with Crippen LogP contribution in [0.25, 0.3) is 0 Å². The fourth-order valence-corrected chi connectivity index (χ4v) is 5.82. The summed E-state index contributed by atoms with van der Waals surface area (Å²) in [6.07, 6.45) is 2.89. The number of unbranched alkanes of at least 4 members (excludes halogenated alkanes) is 1. The molecule has 1 aromatic heterocycles. The molecule has 0 saturated heterocycles. The van der Waals surface area contributed by atoms with Crippen molar-refractivity contribution in [2.45, 2.75) is 157 Å². The van der Waals surface area contributed by atoms with Crippen molar-refractivity contribution >= 4 is 47.4 Å². The van der Waals surface area contributed by atoms with Gasteiger partial charge in [-0.15, -0.1) is 0 Å². The molecule has 0 aliphatic heterocycles. The Kier molecular flexibility index (Phi) is 28.1. The summed E-state index contributed by atoms with van der Waals surface area (Å²) < 4.78 is 38.2. The number of hydrogen-bond acceptors (Lipinski definition) is 16. The molecule has 388 valence electrons. The zero-order chi connectivity index (χ0) is 51.4. The first kappa shape index (κ1) is 61.1. The van der Waals surface area contributed by atoms with Crippen molar-refractivity contribution < 1.29 is 66.7 Å². The zero-order valence-corrected chi connectivity index (χ0v) is 42.8. The van der Waals surface area contributed by atoms with Crippen molar-refractivity contribution in [3.8, 4) is 0 Å². The van der Waals surface area contributed by atoms with Crippen LogP contribution in [-0.4, -0.2) is 148 Å².